The Labute approximate surface area is 67.2 Å². The van der Waals surface area contributed by atoms with E-state index in [0.29, 0.717) is 4.89 Å². The van der Waals surface area contributed by atoms with Crippen molar-refractivity contribution in [3.63, 3.8) is 0 Å². The van der Waals surface area contributed by atoms with Gasteiger partial charge in [-0.25, -0.2) is 8.42 Å². The third-order valence-corrected chi connectivity index (χ3v) is 1.76. The number of alkyl halides is 3. The van der Waals surface area contributed by atoms with Crippen molar-refractivity contribution in [1.29, 1.82) is 0 Å². The molecule has 0 aliphatic carbocycles. The van der Waals surface area contributed by atoms with Crippen LogP contribution in [-0.4, -0.2) is 22.7 Å². The first kappa shape index (κ1) is 11.8. The average Bonchev–Trinajstić information content (AvgIpc) is 1.81. The van der Waals surface area contributed by atoms with Gasteiger partial charge in [-0.2, -0.15) is 21.7 Å². The molecule has 0 saturated carbocycles. The molecule has 6 nitrogen and oxygen atoms in total. The normalized spacial score (nSPS) is 16.0. The van der Waals surface area contributed by atoms with Gasteiger partial charge in [0.1, 0.15) is 0 Å². The molecule has 1 unspecified atom stereocenters. The molecule has 1 atom stereocenters. The van der Waals surface area contributed by atoms with Crippen LogP contribution in [0.1, 0.15) is 0 Å². The molecule has 0 spiro atoms. The van der Waals surface area contributed by atoms with Gasteiger partial charge in [0.2, 0.25) is 0 Å². The van der Waals surface area contributed by atoms with E-state index in [-0.39, 0.29) is 0 Å². The van der Waals surface area contributed by atoms with Crippen molar-refractivity contribution in [2.45, 2.75) is 5.51 Å². The van der Waals surface area contributed by atoms with E-state index in [1.807, 2.05) is 0 Å². The van der Waals surface area contributed by atoms with E-state index in [0.717, 1.165) is 0 Å². The summed E-state index contributed by atoms with van der Waals surface area (Å²) in [5.41, 5.74) is -5.58. The summed E-state index contributed by atoms with van der Waals surface area (Å²) in [5.74, 6) is 0. The van der Waals surface area contributed by atoms with Crippen LogP contribution >= 0.6 is 0 Å². The molecule has 0 aromatic rings. The number of hydrogen-bond acceptors (Lipinski definition) is 4. The third-order valence-electron chi connectivity index (χ3n) is 0.520. The van der Waals surface area contributed by atoms with Gasteiger partial charge in [-0.15, -0.1) is 0 Å². The topological polar surface area (TPSA) is 92.7 Å². The van der Waals surface area contributed by atoms with Gasteiger partial charge in [0.05, 0.1) is 0 Å². The molecule has 11 heteroatoms. The Hall–Kier alpha value is -0.230. The summed E-state index contributed by atoms with van der Waals surface area (Å²) in [7, 11) is -5.72. The van der Waals surface area contributed by atoms with Crippen LogP contribution in [0.25, 0.3) is 0 Å². The second kappa shape index (κ2) is 3.66. The first-order valence-electron chi connectivity index (χ1n) is 2.03. The molecule has 0 bridgehead atoms. The molecule has 0 aromatic carbocycles. The van der Waals surface area contributed by atoms with Crippen LogP contribution in [0.15, 0.2) is 0 Å². The fourth-order valence-corrected chi connectivity index (χ4v) is 0.807. The summed E-state index contributed by atoms with van der Waals surface area (Å²) in [5, 5.41) is 0. The van der Waals surface area contributed by atoms with E-state index >= 15 is 0 Å². The molecule has 74 valence electrons. The van der Waals surface area contributed by atoms with E-state index < -0.39 is 26.9 Å². The van der Waals surface area contributed by atoms with Gasteiger partial charge in [-0.3, -0.25) is 4.55 Å². The van der Waals surface area contributed by atoms with Crippen molar-refractivity contribution >= 4 is 21.4 Å². The van der Waals surface area contributed by atoms with Crippen molar-refractivity contribution in [3.05, 3.63) is 0 Å². The third kappa shape index (κ3) is 3.44. The second-order valence-electron chi connectivity index (χ2n) is 1.33. The smallest absolute Gasteiger partial charge is 0.283 e. The van der Waals surface area contributed by atoms with E-state index in [2.05, 4.69) is 4.28 Å². The summed E-state index contributed by atoms with van der Waals surface area (Å²) in [6.07, 6.45) is 0. The quantitative estimate of drug-likeness (QED) is 0.502. The van der Waals surface area contributed by atoms with Crippen LogP contribution in [0.2, 0.25) is 0 Å². The number of rotatable bonds is 3. The predicted molar refractivity (Wildman–Crippen MR) is 30.0 cm³/mol. The summed E-state index contributed by atoms with van der Waals surface area (Å²) in [4.78, 5) is 0.395. The maximum Gasteiger partial charge on any atom is 0.513 e. The highest BCUT2D eigenvalue weighted by Crippen LogP contribution is 2.21. The van der Waals surface area contributed by atoms with E-state index in [9.17, 15) is 25.8 Å². The molecule has 0 amide bonds. The zero-order valence-corrected chi connectivity index (χ0v) is 6.66. The van der Waals surface area contributed by atoms with Gasteiger partial charge in [0.15, 0.2) is 0 Å². The first-order valence-corrected chi connectivity index (χ1v) is 4.54. The Bertz CT molecular complexity index is 267. The molecule has 0 fully saturated rings. The van der Waals surface area contributed by atoms with Gasteiger partial charge >= 0.3 is 26.9 Å². The lowest BCUT2D eigenvalue weighted by molar-refractivity contribution is -0.0475. The van der Waals surface area contributed by atoms with Crippen LogP contribution in [0.3, 0.4) is 0 Å². The van der Waals surface area contributed by atoms with E-state index in [4.69, 9.17) is 4.55 Å². The van der Waals surface area contributed by atoms with Crippen LogP contribution in [0.5, 0.6) is 0 Å². The average molecular weight is 229 g/mol. The minimum absolute atomic E-state index is 0.395. The Morgan fingerprint density at radius 2 is 1.83 bits per heavy atom. The molecule has 2 N–H and O–H groups in total. The number of hydrogen-bond donors (Lipinski definition) is 2. The minimum Gasteiger partial charge on any atom is -0.283 e. The maximum absolute atomic E-state index is 11.4. The van der Waals surface area contributed by atoms with Crippen LogP contribution in [0, 0.1) is 0 Å². The lowest BCUT2D eigenvalue weighted by Gasteiger charge is -2.06. The van der Waals surface area contributed by atoms with E-state index in [1.165, 1.54) is 0 Å². The highest BCUT2D eigenvalue weighted by Gasteiger charge is 2.46. The first-order chi connectivity index (χ1) is 5.17. The number of nitrogens with one attached hydrogen (secondary N) is 1. The second-order valence-corrected chi connectivity index (χ2v) is 3.57. The Balaban J connectivity index is 4.37. The van der Waals surface area contributed by atoms with Crippen molar-refractivity contribution < 1.29 is 34.6 Å². The number of halogens is 3. The SMILES string of the molecule is O=S(O)ONS(=O)(=O)C(F)(F)F. The molecule has 0 radical (unpaired) electrons. The highest BCUT2D eigenvalue weighted by molar-refractivity contribution is 7.90. The van der Waals surface area contributed by atoms with Crippen LogP contribution < -0.4 is 4.89 Å². The summed E-state index contributed by atoms with van der Waals surface area (Å²) < 4.78 is 74.4. The molecule has 0 aliphatic heterocycles. The molecule has 0 heterocycles. The molecule has 0 saturated heterocycles. The van der Waals surface area contributed by atoms with Crippen LogP contribution in [-0.2, 0) is 25.7 Å². The molecule has 0 rings (SSSR count). The van der Waals surface area contributed by atoms with Gasteiger partial charge < -0.3 is 0 Å². The van der Waals surface area contributed by atoms with Crippen molar-refractivity contribution in [2.75, 3.05) is 0 Å². The Kier molecular flexibility index (Phi) is 3.59. The van der Waals surface area contributed by atoms with Gasteiger partial charge in [0.25, 0.3) is 0 Å². The number of sulfonamides is 1. The van der Waals surface area contributed by atoms with E-state index in [1.54, 1.807) is 0 Å². The Morgan fingerprint density at radius 3 is 2.08 bits per heavy atom. The summed E-state index contributed by atoms with van der Waals surface area (Å²) in [6.45, 7) is 0. The summed E-state index contributed by atoms with van der Waals surface area (Å²) >= 11 is -3.14. The van der Waals surface area contributed by atoms with Crippen molar-refractivity contribution in [1.82, 2.24) is 4.89 Å². The van der Waals surface area contributed by atoms with Crippen molar-refractivity contribution in [2.24, 2.45) is 0 Å². The fraction of sp³-hybridized carbons (Fsp3) is 1.00. The van der Waals surface area contributed by atoms with Crippen LogP contribution in [0.4, 0.5) is 13.2 Å². The standard InChI is InChI=1S/CH2F3NO5S2/c2-1(3,4)12(8,9)5-10-11(6)7/h5H,(H,6,7). The summed E-state index contributed by atoms with van der Waals surface area (Å²) in [6, 6.07) is 0. The predicted octanol–water partition coefficient (Wildman–Crippen LogP) is -0.506. The molecule has 0 aromatic heterocycles. The monoisotopic (exact) mass is 229 g/mol. The molecular formula is CH2F3NO5S2. The fourth-order valence-electron chi connectivity index (χ4n) is 0.121. The molecular weight excluding hydrogens is 227 g/mol. The minimum atomic E-state index is -5.72. The zero-order chi connectivity index (χ0) is 9.99. The van der Waals surface area contributed by atoms with Gasteiger partial charge in [-0.1, -0.05) is 4.89 Å². The lowest BCUT2D eigenvalue weighted by Crippen LogP contribution is -2.36. The molecule has 12 heavy (non-hydrogen) atoms. The highest BCUT2D eigenvalue weighted by atomic mass is 32.2. The largest absolute Gasteiger partial charge is 0.513 e. The van der Waals surface area contributed by atoms with Crippen molar-refractivity contribution in [3.8, 4) is 0 Å². The lowest BCUT2D eigenvalue weighted by atomic mass is 11.6. The van der Waals surface area contributed by atoms with Gasteiger partial charge in [-0.05, 0) is 0 Å². The maximum atomic E-state index is 11.4. The van der Waals surface area contributed by atoms with Gasteiger partial charge in [0, 0.05) is 0 Å². The zero-order valence-electron chi connectivity index (χ0n) is 5.03. The Morgan fingerprint density at radius 1 is 1.42 bits per heavy atom. The molecule has 0 aliphatic rings.